The van der Waals surface area contributed by atoms with Gasteiger partial charge in [-0.1, -0.05) is 87.8 Å². The highest BCUT2D eigenvalue weighted by atomic mass is 35.6. The molecule has 0 aromatic heterocycles. The minimum absolute atomic E-state index is 0.281. The molecule has 1 N–H and O–H groups in total. The van der Waals surface area contributed by atoms with Crippen molar-refractivity contribution in [1.82, 2.24) is 0 Å². The van der Waals surface area contributed by atoms with E-state index in [1.54, 1.807) is 18.2 Å². The molecule has 7 heteroatoms. The SMILES string of the molecule is CC(C)(O)c1c(C(Cl)(Cl)Cl)cccc1C(Cl)(Cl)Cl. The van der Waals surface area contributed by atoms with E-state index < -0.39 is 13.2 Å². The zero-order chi connectivity index (χ0) is 14.4. The van der Waals surface area contributed by atoms with Gasteiger partial charge in [0, 0.05) is 11.1 Å². The summed E-state index contributed by atoms with van der Waals surface area (Å²) in [6.45, 7) is 3.06. The normalized spacial score (nSPS) is 13.8. The topological polar surface area (TPSA) is 20.2 Å². The Morgan fingerprint density at radius 3 is 1.39 bits per heavy atom. The summed E-state index contributed by atoms with van der Waals surface area (Å²) in [7, 11) is 0. The molecule has 0 amide bonds. The predicted octanol–water partition coefficient (Wildman–Crippen LogP) is 5.57. The summed E-state index contributed by atoms with van der Waals surface area (Å²) in [4.78, 5) is 0. The van der Waals surface area contributed by atoms with Crippen molar-refractivity contribution in [1.29, 1.82) is 0 Å². The molecule has 1 aromatic rings. The second-order valence-electron chi connectivity index (χ2n) is 4.28. The Labute approximate surface area is 136 Å². The summed E-state index contributed by atoms with van der Waals surface area (Å²) in [5.41, 5.74) is -0.461. The first-order valence-electron chi connectivity index (χ1n) is 4.85. The highest BCUT2D eigenvalue weighted by Crippen LogP contribution is 2.49. The lowest BCUT2D eigenvalue weighted by molar-refractivity contribution is 0.0767. The minimum atomic E-state index is -1.72. The molecule has 18 heavy (non-hydrogen) atoms. The largest absolute Gasteiger partial charge is 0.386 e. The summed E-state index contributed by atoms with van der Waals surface area (Å²) in [6, 6.07) is 4.74. The second-order valence-corrected chi connectivity index (χ2v) is 8.85. The summed E-state index contributed by atoms with van der Waals surface area (Å²) in [6.07, 6.45) is 0. The van der Waals surface area contributed by atoms with Gasteiger partial charge in [0.2, 0.25) is 7.59 Å². The Hall–Kier alpha value is 0.920. The van der Waals surface area contributed by atoms with E-state index in [1.807, 2.05) is 0 Å². The summed E-state index contributed by atoms with van der Waals surface area (Å²) in [5, 5.41) is 10.2. The molecule has 0 unspecified atom stereocenters. The zero-order valence-electron chi connectivity index (χ0n) is 9.45. The van der Waals surface area contributed by atoms with Crippen molar-refractivity contribution in [3.63, 3.8) is 0 Å². The van der Waals surface area contributed by atoms with Crippen molar-refractivity contribution in [2.45, 2.75) is 27.0 Å². The Morgan fingerprint density at radius 2 is 1.17 bits per heavy atom. The van der Waals surface area contributed by atoms with Gasteiger partial charge in [-0.2, -0.15) is 0 Å². The molecule has 0 aliphatic carbocycles. The fourth-order valence-corrected chi connectivity index (χ4v) is 2.63. The van der Waals surface area contributed by atoms with E-state index in [0.29, 0.717) is 5.56 Å². The molecule has 0 aliphatic heterocycles. The first-order valence-corrected chi connectivity index (χ1v) is 7.12. The van der Waals surface area contributed by atoms with E-state index in [9.17, 15) is 5.11 Å². The lowest BCUT2D eigenvalue weighted by Gasteiger charge is -2.30. The third kappa shape index (κ3) is 3.96. The van der Waals surface area contributed by atoms with E-state index in [4.69, 9.17) is 69.6 Å². The van der Waals surface area contributed by atoms with Gasteiger partial charge in [0.1, 0.15) is 0 Å². The molecule has 0 aliphatic rings. The molecule has 1 nitrogen and oxygen atoms in total. The van der Waals surface area contributed by atoms with Gasteiger partial charge in [-0.25, -0.2) is 0 Å². The first kappa shape index (κ1) is 17.0. The van der Waals surface area contributed by atoms with Crippen LogP contribution in [-0.2, 0) is 13.2 Å². The average Bonchev–Trinajstić information content (AvgIpc) is 2.12. The maximum absolute atomic E-state index is 10.2. The predicted molar refractivity (Wildman–Crippen MR) is 80.2 cm³/mol. The summed E-state index contributed by atoms with van der Waals surface area (Å²) >= 11 is 35.3. The van der Waals surface area contributed by atoms with Gasteiger partial charge >= 0.3 is 0 Å². The van der Waals surface area contributed by atoms with Crippen LogP contribution in [-0.4, -0.2) is 5.11 Å². The maximum Gasteiger partial charge on any atom is 0.216 e. The number of benzene rings is 1. The van der Waals surface area contributed by atoms with Crippen molar-refractivity contribution < 1.29 is 5.11 Å². The van der Waals surface area contributed by atoms with Crippen LogP contribution in [0.2, 0.25) is 0 Å². The molecular formula is C11H10Cl6O. The molecule has 0 radical (unpaired) electrons. The smallest absolute Gasteiger partial charge is 0.216 e. The highest BCUT2D eigenvalue weighted by Gasteiger charge is 2.38. The Kier molecular flexibility index (Phi) is 5.06. The van der Waals surface area contributed by atoms with E-state index in [1.165, 1.54) is 13.8 Å². The number of hydrogen-bond donors (Lipinski definition) is 1. The standard InChI is InChI=1S/C11H10Cl6O/c1-9(2,18)8-6(10(12,13)14)4-3-5-7(8)11(15,16)17/h3-5,18H,1-2H3. The number of hydrogen-bond acceptors (Lipinski definition) is 1. The first-order chi connectivity index (χ1) is 7.85. The fraction of sp³-hybridized carbons (Fsp3) is 0.455. The van der Waals surface area contributed by atoms with Gasteiger partial charge in [0.25, 0.3) is 0 Å². The molecule has 0 spiro atoms. The monoisotopic (exact) mass is 368 g/mol. The van der Waals surface area contributed by atoms with E-state index in [-0.39, 0.29) is 11.1 Å². The summed E-state index contributed by atoms with van der Waals surface area (Å²) in [5.74, 6) is 0. The number of alkyl halides is 6. The Morgan fingerprint density at radius 1 is 0.833 bits per heavy atom. The Balaban J connectivity index is 3.68. The molecule has 0 bridgehead atoms. The summed E-state index contributed by atoms with van der Waals surface area (Å²) < 4.78 is -3.44. The second kappa shape index (κ2) is 5.37. The third-order valence-electron chi connectivity index (χ3n) is 2.29. The lowest BCUT2D eigenvalue weighted by atomic mass is 9.89. The molecule has 0 atom stereocenters. The number of rotatable bonds is 1. The molecule has 1 aromatic carbocycles. The van der Waals surface area contributed by atoms with Gasteiger partial charge in [0.15, 0.2) is 0 Å². The van der Waals surface area contributed by atoms with Crippen molar-refractivity contribution in [3.05, 3.63) is 34.9 Å². The molecule has 1 rings (SSSR count). The lowest BCUT2D eigenvalue weighted by Crippen LogP contribution is -2.25. The van der Waals surface area contributed by atoms with Crippen LogP contribution in [0.5, 0.6) is 0 Å². The van der Waals surface area contributed by atoms with Crippen LogP contribution >= 0.6 is 69.6 Å². The number of halogens is 6. The maximum atomic E-state index is 10.2. The number of aliphatic hydroxyl groups is 1. The van der Waals surface area contributed by atoms with Crippen LogP contribution in [0.1, 0.15) is 30.5 Å². The fourth-order valence-electron chi connectivity index (χ4n) is 1.68. The third-order valence-corrected chi connectivity index (χ3v) is 3.51. The van der Waals surface area contributed by atoms with Gasteiger partial charge in [-0.05, 0) is 19.4 Å². The zero-order valence-corrected chi connectivity index (χ0v) is 14.0. The van der Waals surface area contributed by atoms with Gasteiger partial charge in [-0.3, -0.25) is 0 Å². The van der Waals surface area contributed by atoms with E-state index >= 15 is 0 Å². The van der Waals surface area contributed by atoms with Crippen LogP contribution in [0, 0.1) is 0 Å². The van der Waals surface area contributed by atoms with E-state index in [0.717, 1.165) is 0 Å². The van der Waals surface area contributed by atoms with Gasteiger partial charge in [-0.15, -0.1) is 0 Å². The van der Waals surface area contributed by atoms with Crippen LogP contribution < -0.4 is 0 Å². The molecular weight excluding hydrogens is 361 g/mol. The van der Waals surface area contributed by atoms with Crippen molar-refractivity contribution >= 4 is 69.6 Å². The van der Waals surface area contributed by atoms with Crippen molar-refractivity contribution in [3.8, 4) is 0 Å². The molecule has 0 fully saturated rings. The van der Waals surface area contributed by atoms with E-state index in [2.05, 4.69) is 0 Å². The van der Waals surface area contributed by atoms with Crippen molar-refractivity contribution in [2.24, 2.45) is 0 Å². The highest BCUT2D eigenvalue weighted by molar-refractivity contribution is 6.67. The van der Waals surface area contributed by atoms with Crippen LogP contribution in [0.15, 0.2) is 18.2 Å². The van der Waals surface area contributed by atoms with Crippen LogP contribution in [0.25, 0.3) is 0 Å². The average molecular weight is 371 g/mol. The minimum Gasteiger partial charge on any atom is -0.386 e. The quantitative estimate of drug-likeness (QED) is 0.641. The molecule has 0 heterocycles. The van der Waals surface area contributed by atoms with Gasteiger partial charge in [0.05, 0.1) is 5.60 Å². The molecule has 102 valence electrons. The molecule has 0 saturated carbocycles. The Bertz CT molecular complexity index is 406. The van der Waals surface area contributed by atoms with Crippen LogP contribution in [0.4, 0.5) is 0 Å². The molecule has 0 saturated heterocycles. The van der Waals surface area contributed by atoms with Crippen molar-refractivity contribution in [2.75, 3.05) is 0 Å². The van der Waals surface area contributed by atoms with Crippen LogP contribution in [0.3, 0.4) is 0 Å². The van der Waals surface area contributed by atoms with Gasteiger partial charge < -0.3 is 5.11 Å².